The molecule has 10 heteroatoms. The third-order valence-corrected chi connectivity index (χ3v) is 7.30. The molecule has 2 aromatic carbocycles. The van der Waals surface area contributed by atoms with Crippen molar-refractivity contribution in [2.75, 3.05) is 11.6 Å². The van der Waals surface area contributed by atoms with Crippen LogP contribution in [0.2, 0.25) is 0 Å². The van der Waals surface area contributed by atoms with Crippen molar-refractivity contribution < 1.29 is 18.8 Å². The lowest BCUT2D eigenvalue weighted by atomic mass is 9.93. The molecule has 186 valence electrons. The van der Waals surface area contributed by atoms with Crippen molar-refractivity contribution in [3.63, 3.8) is 0 Å². The highest BCUT2D eigenvalue weighted by molar-refractivity contribution is 7.98. The first-order valence-corrected chi connectivity index (χ1v) is 12.9. The fraction of sp³-hybridized carbons (Fsp3) is 0.308. The lowest BCUT2D eigenvalue weighted by Gasteiger charge is -2.44. The Bertz CT molecular complexity index is 1340. The van der Waals surface area contributed by atoms with E-state index in [-0.39, 0.29) is 48.2 Å². The van der Waals surface area contributed by atoms with Crippen LogP contribution < -0.4 is 10.6 Å². The van der Waals surface area contributed by atoms with Crippen molar-refractivity contribution in [2.24, 2.45) is 0 Å². The van der Waals surface area contributed by atoms with Crippen LogP contribution in [0.15, 0.2) is 59.8 Å². The van der Waals surface area contributed by atoms with Crippen LogP contribution in [0.5, 0.6) is 0 Å². The fourth-order valence-electron chi connectivity index (χ4n) is 4.59. The number of amides is 3. The molecule has 1 saturated carbocycles. The number of imidazole rings is 1. The van der Waals surface area contributed by atoms with Crippen LogP contribution in [0.1, 0.15) is 46.3 Å². The van der Waals surface area contributed by atoms with Crippen LogP contribution in [0, 0.1) is 5.82 Å². The number of halogens is 1. The van der Waals surface area contributed by atoms with Crippen LogP contribution in [-0.2, 0) is 17.9 Å². The number of nitrogens with one attached hydrogen (secondary N) is 2. The molecular weight excluding hydrogens is 481 g/mol. The summed E-state index contributed by atoms with van der Waals surface area (Å²) in [6.45, 7) is 2.11. The van der Waals surface area contributed by atoms with Gasteiger partial charge in [-0.1, -0.05) is 18.2 Å². The quantitative estimate of drug-likeness (QED) is 0.476. The van der Waals surface area contributed by atoms with E-state index in [0.29, 0.717) is 5.69 Å². The van der Waals surface area contributed by atoms with E-state index in [1.807, 2.05) is 24.5 Å². The number of aromatic nitrogens is 2. The first kappa shape index (κ1) is 24.1. The van der Waals surface area contributed by atoms with Gasteiger partial charge in [-0.3, -0.25) is 14.4 Å². The van der Waals surface area contributed by atoms with Crippen LogP contribution in [0.4, 0.5) is 10.1 Å². The van der Waals surface area contributed by atoms with Crippen molar-refractivity contribution >= 4 is 35.2 Å². The van der Waals surface area contributed by atoms with Crippen LogP contribution in [0.3, 0.4) is 0 Å². The van der Waals surface area contributed by atoms with Crippen molar-refractivity contribution in [1.29, 1.82) is 0 Å². The largest absolute Gasteiger partial charge is 0.350 e. The van der Waals surface area contributed by atoms with Gasteiger partial charge in [0.05, 0.1) is 12.9 Å². The van der Waals surface area contributed by atoms with Crippen molar-refractivity contribution in [2.45, 2.75) is 49.3 Å². The zero-order chi connectivity index (χ0) is 25.4. The Morgan fingerprint density at radius 3 is 2.64 bits per heavy atom. The summed E-state index contributed by atoms with van der Waals surface area (Å²) < 4.78 is 14.8. The predicted molar refractivity (Wildman–Crippen MR) is 134 cm³/mol. The van der Waals surface area contributed by atoms with Gasteiger partial charge in [-0.2, -0.15) is 0 Å². The van der Waals surface area contributed by atoms with E-state index >= 15 is 0 Å². The van der Waals surface area contributed by atoms with E-state index in [4.69, 9.17) is 0 Å². The number of carbonyl (C=O) groups is 3. The standard InChI is InChI=1S/C26H26FN5O3S/c1-26(25(35)28-13-16-6-8-17(27)9-7-16)14-31-15-29-21(22(31)24(34)32(26)19-10-11-19)23(33)30-18-4-3-5-20(12-18)36-2/h3-9,12,15,19H,10-11,13-14H2,1-2H3,(H,28,35)(H,30,33)/t26-/m1/s1. The number of anilines is 1. The highest BCUT2D eigenvalue weighted by Crippen LogP contribution is 2.39. The monoisotopic (exact) mass is 507 g/mol. The predicted octanol–water partition coefficient (Wildman–Crippen LogP) is 3.69. The zero-order valence-corrected chi connectivity index (χ0v) is 20.8. The van der Waals surface area contributed by atoms with Gasteiger partial charge in [-0.15, -0.1) is 11.8 Å². The van der Waals surface area contributed by atoms with Gasteiger partial charge in [0.15, 0.2) is 5.69 Å². The lowest BCUT2D eigenvalue weighted by Crippen LogP contribution is -2.64. The molecule has 1 aliphatic heterocycles. The second-order valence-corrected chi connectivity index (χ2v) is 10.1. The summed E-state index contributed by atoms with van der Waals surface area (Å²) in [5.74, 6) is -1.52. The van der Waals surface area contributed by atoms with Gasteiger partial charge in [-0.05, 0) is 61.9 Å². The van der Waals surface area contributed by atoms with Crippen molar-refractivity contribution in [3.8, 4) is 0 Å². The smallest absolute Gasteiger partial charge is 0.276 e. The van der Waals surface area contributed by atoms with E-state index in [2.05, 4.69) is 15.6 Å². The molecule has 5 rings (SSSR count). The van der Waals surface area contributed by atoms with Crippen molar-refractivity contribution in [3.05, 3.63) is 77.6 Å². The Kier molecular flexibility index (Phi) is 6.29. The van der Waals surface area contributed by atoms with E-state index < -0.39 is 11.4 Å². The molecule has 36 heavy (non-hydrogen) atoms. The Balaban J connectivity index is 1.39. The summed E-state index contributed by atoms with van der Waals surface area (Å²) in [6.07, 6.45) is 4.98. The highest BCUT2D eigenvalue weighted by Gasteiger charge is 2.53. The number of thioether (sulfide) groups is 1. The summed E-state index contributed by atoms with van der Waals surface area (Å²) in [6, 6.07) is 13.2. The molecule has 0 saturated heterocycles. The minimum atomic E-state index is -1.16. The van der Waals surface area contributed by atoms with Gasteiger partial charge in [-0.25, -0.2) is 9.37 Å². The molecule has 0 spiro atoms. The maximum atomic E-state index is 13.7. The second-order valence-electron chi connectivity index (χ2n) is 9.25. The van der Waals surface area contributed by atoms with E-state index in [1.165, 1.54) is 18.5 Å². The Labute approximate surface area is 212 Å². The van der Waals surface area contributed by atoms with E-state index in [0.717, 1.165) is 23.3 Å². The molecule has 1 atom stereocenters. The molecule has 0 radical (unpaired) electrons. The summed E-state index contributed by atoms with van der Waals surface area (Å²) >= 11 is 1.56. The van der Waals surface area contributed by atoms with Gasteiger partial charge >= 0.3 is 0 Å². The van der Waals surface area contributed by atoms with E-state index in [1.54, 1.807) is 46.4 Å². The number of fused-ring (bicyclic) bond motifs is 1. The normalized spacial score (nSPS) is 19.1. The number of nitrogens with zero attached hydrogens (tertiary/aromatic N) is 3. The molecular formula is C26H26FN5O3S. The molecule has 3 amide bonds. The zero-order valence-electron chi connectivity index (χ0n) is 20.0. The Morgan fingerprint density at radius 2 is 1.94 bits per heavy atom. The average Bonchev–Trinajstić information content (AvgIpc) is 3.61. The third-order valence-electron chi connectivity index (χ3n) is 6.58. The maximum Gasteiger partial charge on any atom is 0.276 e. The number of hydrogen-bond donors (Lipinski definition) is 2. The molecule has 1 aromatic heterocycles. The van der Waals surface area contributed by atoms with Crippen LogP contribution in [-0.4, -0.2) is 50.0 Å². The minimum Gasteiger partial charge on any atom is -0.350 e. The molecule has 2 aliphatic rings. The molecule has 0 unspecified atom stereocenters. The summed E-state index contributed by atoms with van der Waals surface area (Å²) in [5, 5.41) is 5.73. The van der Waals surface area contributed by atoms with Crippen LogP contribution in [0.25, 0.3) is 0 Å². The molecule has 8 nitrogen and oxygen atoms in total. The number of rotatable bonds is 7. The van der Waals surface area contributed by atoms with Gasteiger partial charge < -0.3 is 20.1 Å². The molecule has 2 heterocycles. The number of benzene rings is 2. The first-order valence-electron chi connectivity index (χ1n) is 11.7. The topological polar surface area (TPSA) is 96.3 Å². The molecule has 0 bridgehead atoms. The summed E-state index contributed by atoms with van der Waals surface area (Å²) in [7, 11) is 0. The highest BCUT2D eigenvalue weighted by atomic mass is 32.2. The van der Waals surface area contributed by atoms with Gasteiger partial charge in [0.25, 0.3) is 11.8 Å². The lowest BCUT2D eigenvalue weighted by molar-refractivity contribution is -0.133. The minimum absolute atomic E-state index is 0.0361. The average molecular weight is 508 g/mol. The molecule has 1 aliphatic carbocycles. The maximum absolute atomic E-state index is 13.7. The van der Waals surface area contributed by atoms with Crippen molar-refractivity contribution in [1.82, 2.24) is 19.8 Å². The molecule has 2 N–H and O–H groups in total. The SMILES string of the molecule is CSc1cccc(NC(=O)c2ncn3c2C(=O)N(C2CC2)[C@@](C)(C(=O)NCc2ccc(F)cc2)C3)c1. The first-order chi connectivity index (χ1) is 17.3. The Morgan fingerprint density at radius 1 is 1.19 bits per heavy atom. The summed E-state index contributed by atoms with van der Waals surface area (Å²) in [5.41, 5.74) is 0.423. The second kappa shape index (κ2) is 9.42. The number of hydrogen-bond acceptors (Lipinski definition) is 5. The summed E-state index contributed by atoms with van der Waals surface area (Å²) in [4.78, 5) is 47.1. The van der Waals surface area contributed by atoms with Gasteiger partial charge in [0.2, 0.25) is 5.91 Å². The van der Waals surface area contributed by atoms with Crippen LogP contribution >= 0.6 is 11.8 Å². The molecule has 3 aromatic rings. The molecule has 1 fully saturated rings. The number of carbonyl (C=O) groups excluding carboxylic acids is 3. The van der Waals surface area contributed by atoms with Gasteiger partial charge in [0.1, 0.15) is 17.1 Å². The Hall–Kier alpha value is -3.66. The fourth-order valence-corrected chi connectivity index (χ4v) is 5.05. The van der Waals surface area contributed by atoms with Gasteiger partial charge in [0, 0.05) is 23.2 Å². The third kappa shape index (κ3) is 4.48. The van der Waals surface area contributed by atoms with E-state index in [9.17, 15) is 18.8 Å².